The molecule has 0 unspecified atom stereocenters. The van der Waals surface area contributed by atoms with E-state index < -0.39 is 17.6 Å². The number of amides is 2. The summed E-state index contributed by atoms with van der Waals surface area (Å²) < 4.78 is 15.5. The molecule has 0 saturated heterocycles. The minimum absolute atomic E-state index is 0.166. The van der Waals surface area contributed by atoms with Crippen molar-refractivity contribution >= 4 is 23.4 Å². The molecule has 31 heavy (non-hydrogen) atoms. The molecule has 154 valence electrons. The average molecular weight is 435 g/mol. The summed E-state index contributed by atoms with van der Waals surface area (Å²) in [6.45, 7) is 0. The third kappa shape index (κ3) is 4.46. The van der Waals surface area contributed by atoms with Crippen molar-refractivity contribution < 1.29 is 14.0 Å². The molecule has 0 aliphatic rings. The molecular formula is C23H16ClFN4O2. The summed E-state index contributed by atoms with van der Waals surface area (Å²) in [5.41, 5.74) is 6.49. The van der Waals surface area contributed by atoms with Crippen LogP contribution in [0.4, 0.5) is 4.39 Å². The molecule has 4 rings (SSSR count). The van der Waals surface area contributed by atoms with Crippen LogP contribution in [-0.4, -0.2) is 21.6 Å². The Morgan fingerprint density at radius 1 is 0.839 bits per heavy atom. The van der Waals surface area contributed by atoms with E-state index in [1.807, 2.05) is 60.7 Å². The Bertz CT molecular complexity index is 1240. The highest BCUT2D eigenvalue weighted by Gasteiger charge is 2.20. The summed E-state index contributed by atoms with van der Waals surface area (Å²) in [7, 11) is 0. The van der Waals surface area contributed by atoms with E-state index in [0.717, 1.165) is 17.3 Å². The highest BCUT2D eigenvalue weighted by atomic mass is 35.5. The number of carbonyl (C=O) groups is 2. The van der Waals surface area contributed by atoms with Crippen LogP contribution in [0.1, 0.15) is 20.7 Å². The summed E-state index contributed by atoms with van der Waals surface area (Å²) in [6, 6.07) is 22.2. The van der Waals surface area contributed by atoms with Gasteiger partial charge >= 0.3 is 0 Å². The van der Waals surface area contributed by atoms with E-state index in [-0.39, 0.29) is 16.1 Å². The Hall–Kier alpha value is -3.97. The summed E-state index contributed by atoms with van der Waals surface area (Å²) in [4.78, 5) is 25.1. The van der Waals surface area contributed by atoms with E-state index in [1.54, 1.807) is 10.9 Å². The van der Waals surface area contributed by atoms with Gasteiger partial charge in [0.25, 0.3) is 11.8 Å². The number of nitrogens with one attached hydrogen (secondary N) is 2. The fourth-order valence-corrected chi connectivity index (χ4v) is 3.14. The van der Waals surface area contributed by atoms with E-state index in [4.69, 9.17) is 11.6 Å². The largest absolute Gasteiger partial charge is 0.273 e. The lowest BCUT2D eigenvalue weighted by molar-refractivity contribution is 0.0844. The molecule has 6 nitrogen and oxygen atoms in total. The molecule has 0 atom stereocenters. The van der Waals surface area contributed by atoms with Gasteiger partial charge in [0.15, 0.2) is 0 Å². The average Bonchev–Trinajstić information content (AvgIpc) is 3.24. The number of halogens is 2. The lowest BCUT2D eigenvalue weighted by atomic mass is 10.1. The van der Waals surface area contributed by atoms with E-state index in [1.165, 1.54) is 12.1 Å². The van der Waals surface area contributed by atoms with Gasteiger partial charge in [0, 0.05) is 16.8 Å². The predicted octanol–water partition coefficient (Wildman–Crippen LogP) is 4.41. The smallest absolute Gasteiger partial charge is 0.267 e. The lowest BCUT2D eigenvalue weighted by Gasteiger charge is -2.08. The Kier molecular flexibility index (Phi) is 5.77. The van der Waals surface area contributed by atoms with Gasteiger partial charge in [-0.3, -0.25) is 20.4 Å². The second-order valence-electron chi connectivity index (χ2n) is 6.57. The minimum atomic E-state index is -0.806. The molecule has 0 spiro atoms. The zero-order chi connectivity index (χ0) is 21.8. The Morgan fingerprint density at radius 2 is 1.45 bits per heavy atom. The first-order valence-corrected chi connectivity index (χ1v) is 9.67. The number of para-hydroxylation sites is 1. The Balaban J connectivity index is 1.61. The van der Waals surface area contributed by atoms with Crippen LogP contribution in [0.15, 0.2) is 85.1 Å². The number of hydrazine groups is 1. The molecule has 3 aromatic carbocycles. The molecule has 0 aliphatic carbocycles. The van der Waals surface area contributed by atoms with E-state index in [0.29, 0.717) is 5.69 Å². The predicted molar refractivity (Wildman–Crippen MR) is 115 cm³/mol. The zero-order valence-corrected chi connectivity index (χ0v) is 16.8. The topological polar surface area (TPSA) is 76.0 Å². The fraction of sp³-hybridized carbons (Fsp3) is 0. The molecule has 0 bridgehead atoms. The third-order valence-electron chi connectivity index (χ3n) is 4.49. The van der Waals surface area contributed by atoms with E-state index in [2.05, 4.69) is 16.0 Å². The van der Waals surface area contributed by atoms with E-state index in [9.17, 15) is 14.0 Å². The molecular weight excluding hydrogens is 419 g/mol. The molecule has 0 radical (unpaired) electrons. The lowest BCUT2D eigenvalue weighted by Crippen LogP contribution is -2.42. The zero-order valence-electron chi connectivity index (χ0n) is 16.0. The quantitative estimate of drug-likeness (QED) is 0.467. The summed E-state index contributed by atoms with van der Waals surface area (Å²) in [6.07, 6.45) is 1.57. The Labute approximate surface area is 182 Å². The number of hydrogen-bond acceptors (Lipinski definition) is 3. The number of carbonyl (C=O) groups excluding carboxylic acids is 2. The van der Waals surface area contributed by atoms with Crippen LogP contribution in [-0.2, 0) is 0 Å². The second kappa shape index (κ2) is 8.81. The number of rotatable bonds is 4. The maximum absolute atomic E-state index is 14.0. The summed E-state index contributed by atoms with van der Waals surface area (Å²) >= 11 is 5.71. The number of benzene rings is 3. The van der Waals surface area contributed by atoms with Crippen molar-refractivity contribution in [3.8, 4) is 16.9 Å². The van der Waals surface area contributed by atoms with Gasteiger partial charge in [-0.05, 0) is 30.3 Å². The summed E-state index contributed by atoms with van der Waals surface area (Å²) in [5.74, 6) is -2.19. The van der Waals surface area contributed by atoms with Gasteiger partial charge in [-0.2, -0.15) is 5.10 Å². The second-order valence-corrected chi connectivity index (χ2v) is 7.01. The highest BCUT2D eigenvalue weighted by Crippen LogP contribution is 2.23. The SMILES string of the molecule is O=C(NNC(=O)c1cn(-c2ccccc2)nc1-c1ccccc1)c1ccc(Cl)cc1F. The van der Waals surface area contributed by atoms with Crippen LogP contribution in [0.25, 0.3) is 16.9 Å². The van der Waals surface area contributed by atoms with Gasteiger partial charge in [-0.1, -0.05) is 60.1 Å². The number of aromatic nitrogens is 2. The van der Waals surface area contributed by atoms with Gasteiger partial charge in [-0.15, -0.1) is 0 Å². The first-order chi connectivity index (χ1) is 15.0. The van der Waals surface area contributed by atoms with Crippen molar-refractivity contribution in [1.29, 1.82) is 0 Å². The first-order valence-electron chi connectivity index (χ1n) is 9.29. The highest BCUT2D eigenvalue weighted by molar-refractivity contribution is 6.30. The third-order valence-corrected chi connectivity index (χ3v) is 4.73. The van der Waals surface area contributed by atoms with Crippen molar-refractivity contribution in [2.75, 3.05) is 0 Å². The van der Waals surface area contributed by atoms with Crippen LogP contribution in [0, 0.1) is 5.82 Å². The molecule has 4 aromatic rings. The minimum Gasteiger partial charge on any atom is -0.267 e. The van der Waals surface area contributed by atoms with Crippen LogP contribution in [0.3, 0.4) is 0 Å². The fourth-order valence-electron chi connectivity index (χ4n) is 2.98. The van der Waals surface area contributed by atoms with Crippen molar-refractivity contribution in [2.24, 2.45) is 0 Å². The molecule has 2 N–H and O–H groups in total. The Morgan fingerprint density at radius 3 is 2.10 bits per heavy atom. The molecule has 2 amide bonds. The molecule has 1 heterocycles. The van der Waals surface area contributed by atoms with Crippen LogP contribution >= 0.6 is 11.6 Å². The maximum Gasteiger partial charge on any atom is 0.273 e. The van der Waals surface area contributed by atoms with Gasteiger partial charge in [0.05, 0.1) is 16.8 Å². The summed E-state index contributed by atoms with van der Waals surface area (Å²) in [5, 5.41) is 4.71. The van der Waals surface area contributed by atoms with Crippen molar-refractivity contribution in [2.45, 2.75) is 0 Å². The van der Waals surface area contributed by atoms with Crippen LogP contribution in [0.2, 0.25) is 5.02 Å². The molecule has 0 saturated carbocycles. The van der Waals surface area contributed by atoms with Gasteiger partial charge in [0.1, 0.15) is 11.5 Å². The van der Waals surface area contributed by atoms with Crippen LogP contribution in [0.5, 0.6) is 0 Å². The molecule has 0 aliphatic heterocycles. The molecule has 0 fully saturated rings. The van der Waals surface area contributed by atoms with Gasteiger partial charge < -0.3 is 0 Å². The van der Waals surface area contributed by atoms with Crippen molar-refractivity contribution in [3.63, 3.8) is 0 Å². The van der Waals surface area contributed by atoms with E-state index >= 15 is 0 Å². The number of nitrogens with zero attached hydrogens (tertiary/aromatic N) is 2. The molecule has 1 aromatic heterocycles. The van der Waals surface area contributed by atoms with Crippen molar-refractivity contribution in [3.05, 3.63) is 107 Å². The van der Waals surface area contributed by atoms with Gasteiger partial charge in [0.2, 0.25) is 0 Å². The normalized spacial score (nSPS) is 10.5. The standard InChI is InChI=1S/C23H16ClFN4O2/c24-16-11-12-18(20(25)13-16)22(30)26-27-23(31)19-14-29(17-9-5-2-6-10-17)28-21(19)15-7-3-1-4-8-15/h1-14H,(H,26,30)(H,27,31). The first kappa shape index (κ1) is 20.3. The monoisotopic (exact) mass is 434 g/mol. The van der Waals surface area contributed by atoms with Gasteiger partial charge in [-0.25, -0.2) is 9.07 Å². The van der Waals surface area contributed by atoms with Crippen LogP contribution < -0.4 is 10.9 Å². The molecule has 8 heteroatoms. The maximum atomic E-state index is 14.0. The number of hydrogen-bond donors (Lipinski definition) is 2. The van der Waals surface area contributed by atoms with Crippen molar-refractivity contribution in [1.82, 2.24) is 20.6 Å².